The van der Waals surface area contributed by atoms with Crippen molar-refractivity contribution in [3.8, 4) is 11.5 Å². The number of ether oxygens (including phenoxy) is 2. The molecule has 0 unspecified atom stereocenters. The first-order valence-corrected chi connectivity index (χ1v) is 5.05. The minimum absolute atomic E-state index is 0.158. The molecule has 1 aromatic carbocycles. The zero-order chi connectivity index (χ0) is 12.3. The van der Waals surface area contributed by atoms with Gasteiger partial charge < -0.3 is 13.9 Å². The van der Waals surface area contributed by atoms with Crippen LogP contribution in [-0.4, -0.2) is 20.0 Å². The van der Waals surface area contributed by atoms with E-state index in [1.165, 1.54) is 26.7 Å². The smallest absolute Gasteiger partial charge is 0.200 e. The van der Waals surface area contributed by atoms with Gasteiger partial charge in [0.15, 0.2) is 17.3 Å². The van der Waals surface area contributed by atoms with Gasteiger partial charge in [-0.25, -0.2) is 0 Å². The van der Waals surface area contributed by atoms with E-state index in [9.17, 15) is 4.79 Å². The van der Waals surface area contributed by atoms with Gasteiger partial charge in [0.05, 0.1) is 31.6 Å². The van der Waals surface area contributed by atoms with E-state index >= 15 is 0 Å². The minimum Gasteiger partial charge on any atom is -0.493 e. The van der Waals surface area contributed by atoms with Crippen LogP contribution in [0.25, 0.3) is 0 Å². The van der Waals surface area contributed by atoms with E-state index < -0.39 is 0 Å². The molecule has 0 atom stereocenters. The molecule has 0 bridgehead atoms. The lowest BCUT2D eigenvalue weighted by atomic mass is 10.0. The van der Waals surface area contributed by atoms with Crippen LogP contribution in [0.3, 0.4) is 0 Å². The molecule has 0 fully saturated rings. The van der Waals surface area contributed by atoms with Crippen molar-refractivity contribution in [1.29, 1.82) is 0 Å². The van der Waals surface area contributed by atoms with Crippen LogP contribution in [0.5, 0.6) is 11.5 Å². The number of methoxy groups -OCH3 is 2. The van der Waals surface area contributed by atoms with Crippen LogP contribution < -0.4 is 9.47 Å². The van der Waals surface area contributed by atoms with Crippen LogP contribution in [0.1, 0.15) is 15.9 Å². The Morgan fingerprint density at radius 2 is 2.00 bits per heavy atom. The van der Waals surface area contributed by atoms with Crippen molar-refractivity contribution in [2.24, 2.45) is 0 Å². The average molecular weight is 232 g/mol. The summed E-state index contributed by atoms with van der Waals surface area (Å²) in [6.07, 6.45) is 2.86. The summed E-state index contributed by atoms with van der Waals surface area (Å²) in [4.78, 5) is 12.2. The third kappa shape index (κ3) is 2.01. The molecule has 2 aromatic rings. The van der Waals surface area contributed by atoms with Gasteiger partial charge in [0.2, 0.25) is 0 Å². The molecule has 0 saturated heterocycles. The fourth-order valence-corrected chi connectivity index (χ4v) is 1.62. The molecule has 0 aliphatic carbocycles. The van der Waals surface area contributed by atoms with Crippen molar-refractivity contribution in [2.45, 2.75) is 0 Å². The van der Waals surface area contributed by atoms with Crippen molar-refractivity contribution in [3.05, 3.63) is 47.9 Å². The molecule has 1 heterocycles. The second kappa shape index (κ2) is 4.74. The first kappa shape index (κ1) is 11.3. The van der Waals surface area contributed by atoms with Gasteiger partial charge >= 0.3 is 0 Å². The first-order valence-electron chi connectivity index (χ1n) is 5.05. The number of rotatable bonds is 4. The second-order valence-corrected chi connectivity index (χ2v) is 3.38. The van der Waals surface area contributed by atoms with E-state index in [0.717, 1.165) is 0 Å². The molecule has 4 nitrogen and oxygen atoms in total. The van der Waals surface area contributed by atoms with E-state index in [1.807, 2.05) is 0 Å². The van der Waals surface area contributed by atoms with Gasteiger partial charge in [-0.1, -0.05) is 6.07 Å². The molecule has 0 radical (unpaired) electrons. The maximum absolute atomic E-state index is 12.2. The number of benzene rings is 1. The summed E-state index contributed by atoms with van der Waals surface area (Å²) in [6, 6.07) is 6.79. The van der Waals surface area contributed by atoms with Crippen molar-refractivity contribution in [2.75, 3.05) is 14.2 Å². The molecule has 0 N–H and O–H groups in total. The highest BCUT2D eigenvalue weighted by Gasteiger charge is 2.18. The molecule has 0 aliphatic rings. The van der Waals surface area contributed by atoms with Gasteiger partial charge in [-0.15, -0.1) is 0 Å². The third-order valence-electron chi connectivity index (χ3n) is 2.43. The maximum Gasteiger partial charge on any atom is 0.200 e. The molecular formula is C13H12O4. The fourth-order valence-electron chi connectivity index (χ4n) is 1.62. The summed E-state index contributed by atoms with van der Waals surface area (Å²) in [6.45, 7) is 0. The summed E-state index contributed by atoms with van der Waals surface area (Å²) >= 11 is 0. The summed E-state index contributed by atoms with van der Waals surface area (Å²) < 4.78 is 15.2. The van der Waals surface area contributed by atoms with E-state index in [2.05, 4.69) is 0 Å². The molecular weight excluding hydrogens is 220 g/mol. The summed E-state index contributed by atoms with van der Waals surface area (Å²) in [5, 5.41) is 0. The summed E-state index contributed by atoms with van der Waals surface area (Å²) in [7, 11) is 3.04. The number of furan rings is 1. The standard InChI is InChI=1S/C13H12O4/c1-15-11-5-3-4-10(13(11)16-2)12(14)9-6-7-17-8-9/h3-8H,1-2H3. The van der Waals surface area contributed by atoms with E-state index in [1.54, 1.807) is 24.3 Å². The highest BCUT2D eigenvalue weighted by atomic mass is 16.5. The zero-order valence-corrected chi connectivity index (χ0v) is 9.60. The molecule has 4 heteroatoms. The predicted octanol–water partition coefficient (Wildman–Crippen LogP) is 2.53. The van der Waals surface area contributed by atoms with E-state index in [0.29, 0.717) is 22.6 Å². The van der Waals surface area contributed by atoms with Crippen LogP contribution >= 0.6 is 0 Å². The molecule has 88 valence electrons. The van der Waals surface area contributed by atoms with Gasteiger partial charge in [-0.05, 0) is 18.2 Å². The lowest BCUT2D eigenvalue weighted by molar-refractivity contribution is 0.103. The van der Waals surface area contributed by atoms with Gasteiger partial charge in [0.1, 0.15) is 6.26 Å². The number of hydrogen-bond donors (Lipinski definition) is 0. The molecule has 0 saturated carbocycles. The number of ketones is 1. The van der Waals surface area contributed by atoms with Crippen LogP contribution in [0.2, 0.25) is 0 Å². The summed E-state index contributed by atoms with van der Waals surface area (Å²) in [5.41, 5.74) is 0.935. The maximum atomic E-state index is 12.2. The number of hydrogen-bond acceptors (Lipinski definition) is 4. The Kier molecular flexibility index (Phi) is 3.14. The van der Waals surface area contributed by atoms with Gasteiger partial charge in [0, 0.05) is 0 Å². The Balaban J connectivity index is 2.48. The molecule has 0 amide bonds. The second-order valence-electron chi connectivity index (χ2n) is 3.38. The van der Waals surface area contributed by atoms with E-state index in [4.69, 9.17) is 13.9 Å². The van der Waals surface area contributed by atoms with Gasteiger partial charge in [-0.2, -0.15) is 0 Å². The Morgan fingerprint density at radius 1 is 1.18 bits per heavy atom. The molecule has 0 aliphatic heterocycles. The van der Waals surface area contributed by atoms with Crippen LogP contribution in [0.15, 0.2) is 41.2 Å². The molecule has 0 spiro atoms. The third-order valence-corrected chi connectivity index (χ3v) is 2.43. The normalized spacial score (nSPS) is 10.0. The first-order chi connectivity index (χ1) is 8.27. The van der Waals surface area contributed by atoms with Crippen molar-refractivity contribution in [1.82, 2.24) is 0 Å². The minimum atomic E-state index is -0.158. The lowest BCUT2D eigenvalue weighted by Gasteiger charge is -2.10. The monoisotopic (exact) mass is 232 g/mol. The van der Waals surface area contributed by atoms with Crippen molar-refractivity contribution in [3.63, 3.8) is 0 Å². The Bertz CT molecular complexity index is 514. The summed E-state index contributed by atoms with van der Waals surface area (Å²) in [5.74, 6) is 0.803. The number of carbonyl (C=O) groups is 1. The zero-order valence-electron chi connectivity index (χ0n) is 9.60. The van der Waals surface area contributed by atoms with Crippen LogP contribution in [0.4, 0.5) is 0 Å². The Labute approximate surface area is 98.8 Å². The SMILES string of the molecule is COc1cccc(C(=O)c2ccoc2)c1OC. The number of carbonyl (C=O) groups excluding carboxylic acids is 1. The largest absolute Gasteiger partial charge is 0.493 e. The molecule has 2 rings (SSSR count). The highest BCUT2D eigenvalue weighted by molar-refractivity contribution is 6.10. The van der Waals surface area contributed by atoms with Crippen molar-refractivity contribution >= 4 is 5.78 Å². The molecule has 17 heavy (non-hydrogen) atoms. The van der Waals surface area contributed by atoms with Gasteiger partial charge in [-0.3, -0.25) is 4.79 Å². The quantitative estimate of drug-likeness (QED) is 0.760. The Hall–Kier alpha value is -2.23. The Morgan fingerprint density at radius 3 is 2.59 bits per heavy atom. The van der Waals surface area contributed by atoms with E-state index in [-0.39, 0.29) is 5.78 Å². The number of para-hydroxylation sites is 1. The topological polar surface area (TPSA) is 48.7 Å². The van der Waals surface area contributed by atoms with Crippen LogP contribution in [0, 0.1) is 0 Å². The molecule has 1 aromatic heterocycles. The average Bonchev–Trinajstić information content (AvgIpc) is 2.90. The van der Waals surface area contributed by atoms with Crippen molar-refractivity contribution < 1.29 is 18.7 Å². The highest BCUT2D eigenvalue weighted by Crippen LogP contribution is 2.32. The predicted molar refractivity (Wildman–Crippen MR) is 61.7 cm³/mol. The fraction of sp³-hybridized carbons (Fsp3) is 0.154. The van der Waals surface area contributed by atoms with Gasteiger partial charge in [0.25, 0.3) is 0 Å². The lowest BCUT2D eigenvalue weighted by Crippen LogP contribution is -2.04. The van der Waals surface area contributed by atoms with Crippen LogP contribution in [-0.2, 0) is 0 Å².